The van der Waals surface area contributed by atoms with E-state index in [1.165, 1.54) is 22.3 Å². The molecule has 1 aliphatic heterocycles. The van der Waals surface area contributed by atoms with Crippen molar-refractivity contribution < 1.29 is 69.3 Å². The molecule has 1 aromatic rings. The number of nitrogens with one attached hydrogen (secondary N) is 1. The first-order chi connectivity index (χ1) is 14.0. The number of hydrogen-bond acceptors (Lipinski definition) is 5. The fraction of sp³-hybridized carbons (Fsp3) is 0.667. The van der Waals surface area contributed by atoms with E-state index in [0.717, 1.165) is 83.5 Å². The fourth-order valence-electron chi connectivity index (χ4n) is 4.71. The Morgan fingerprint density at radius 3 is 2.30 bits per heavy atom. The molecule has 1 saturated heterocycles. The summed E-state index contributed by atoms with van der Waals surface area (Å²) in [5, 5.41) is 2.83. The number of morpholine rings is 1. The molecular formula is C21H30KN3O4S. The number of benzene rings is 1. The molecule has 0 unspecified atom stereocenters. The van der Waals surface area contributed by atoms with E-state index in [-0.39, 0.29) is 57.1 Å². The molecule has 0 aromatic heterocycles. The van der Waals surface area contributed by atoms with Crippen LogP contribution in [0.3, 0.4) is 0 Å². The molecule has 0 saturated carbocycles. The quantitative estimate of drug-likeness (QED) is 0.459. The summed E-state index contributed by atoms with van der Waals surface area (Å²) in [4.78, 5) is 14.7. The molecular weight excluding hydrogens is 429 g/mol. The van der Waals surface area contributed by atoms with Crippen molar-refractivity contribution in [1.29, 1.82) is 0 Å². The van der Waals surface area contributed by atoms with Crippen molar-refractivity contribution in [1.82, 2.24) is 4.90 Å². The Labute approximate surface area is 222 Å². The van der Waals surface area contributed by atoms with Gasteiger partial charge in [0.15, 0.2) is 16.1 Å². The van der Waals surface area contributed by atoms with Crippen molar-refractivity contribution in [3.05, 3.63) is 33.0 Å². The van der Waals surface area contributed by atoms with Gasteiger partial charge in [-0.15, -0.1) is 0 Å². The van der Waals surface area contributed by atoms with Crippen molar-refractivity contribution in [2.45, 2.75) is 51.4 Å². The molecule has 7 nitrogen and oxygen atoms in total. The average Bonchev–Trinajstić information content (AvgIpc) is 3.34. The molecule has 160 valence electrons. The number of hydrogen-bond donors (Lipinski definition) is 1. The third-order valence-electron chi connectivity index (χ3n) is 6.16. The molecule has 1 fully saturated rings. The number of carbonyl (C=O) groups excluding carboxylic acids is 1. The molecule has 1 heterocycles. The predicted molar refractivity (Wildman–Crippen MR) is 113 cm³/mol. The van der Waals surface area contributed by atoms with Gasteiger partial charge in [0.2, 0.25) is 0 Å². The van der Waals surface area contributed by atoms with Gasteiger partial charge in [0.25, 0.3) is 0 Å². The molecule has 9 heteroatoms. The van der Waals surface area contributed by atoms with Gasteiger partial charge in [-0.05, 0) is 85.9 Å². The van der Waals surface area contributed by atoms with E-state index in [1.54, 1.807) is 0 Å². The Morgan fingerprint density at radius 2 is 1.67 bits per heavy atom. The van der Waals surface area contributed by atoms with Crippen molar-refractivity contribution in [2.24, 2.45) is 0 Å². The van der Waals surface area contributed by atoms with Crippen molar-refractivity contribution in [2.75, 3.05) is 43.9 Å². The van der Waals surface area contributed by atoms with Gasteiger partial charge in [-0.25, -0.2) is 8.42 Å². The first kappa shape index (κ1) is 24.6. The Morgan fingerprint density at radius 1 is 1.03 bits per heavy atom. The Bertz CT molecular complexity index is 837. The molecule has 4 rings (SSSR count). The van der Waals surface area contributed by atoms with Crippen LogP contribution in [0.25, 0.3) is 4.72 Å². The smallest absolute Gasteiger partial charge is 0.423 e. The standard InChI is InChI=1S/C21H31N3O4S.K/c25-21(23-29(26,27)14-2-1-9-24-10-12-28-13-11-24)22-20-18-7-3-5-16(18)15-17-6-4-8-19(17)20;/h15H,1-14H2,(H2,22,23,25);/q;+1/p-1. The molecule has 30 heavy (non-hydrogen) atoms. The third-order valence-corrected chi connectivity index (χ3v) is 7.41. The first-order valence-electron chi connectivity index (χ1n) is 10.7. The number of rotatable bonds is 7. The minimum Gasteiger partial charge on any atom is -0.423 e. The van der Waals surface area contributed by atoms with Gasteiger partial charge in [-0.1, -0.05) is 6.07 Å². The van der Waals surface area contributed by atoms with Gasteiger partial charge in [0.05, 0.1) is 19.0 Å². The molecule has 1 aromatic carbocycles. The van der Waals surface area contributed by atoms with Crippen LogP contribution in [0.5, 0.6) is 0 Å². The molecule has 0 bridgehead atoms. The second kappa shape index (κ2) is 11.2. The fourth-order valence-corrected chi connectivity index (χ4v) is 5.67. The van der Waals surface area contributed by atoms with Gasteiger partial charge in [0, 0.05) is 13.1 Å². The summed E-state index contributed by atoms with van der Waals surface area (Å²) in [6, 6.07) is 1.52. The SMILES string of the molecule is O=C([N-]S(=O)(=O)CCCCN1CCOCC1)Nc1c2c(cc3c1CCC3)CCC2.[K+]. The molecule has 0 atom stereocenters. The van der Waals surface area contributed by atoms with E-state index in [4.69, 9.17) is 4.74 Å². The molecule has 0 spiro atoms. The van der Waals surface area contributed by atoms with E-state index < -0.39 is 16.1 Å². The van der Waals surface area contributed by atoms with Crippen molar-refractivity contribution in [3.63, 3.8) is 0 Å². The van der Waals surface area contributed by atoms with Crippen LogP contribution in [-0.4, -0.2) is 57.9 Å². The number of fused-ring (bicyclic) bond motifs is 2. The minimum absolute atomic E-state index is 0. The largest absolute Gasteiger partial charge is 1.00 e. The van der Waals surface area contributed by atoms with Crippen LogP contribution in [0.1, 0.15) is 47.9 Å². The van der Waals surface area contributed by atoms with E-state index >= 15 is 0 Å². The average molecular weight is 460 g/mol. The second-order valence-electron chi connectivity index (χ2n) is 8.20. The van der Waals surface area contributed by atoms with E-state index in [2.05, 4.69) is 21.0 Å². The Kier molecular flexibility index (Phi) is 9.22. The number of aryl methyl sites for hydroxylation is 2. The number of urea groups is 1. The number of sulfonamides is 1. The number of amides is 2. The number of ether oxygens (including phenoxy) is 1. The monoisotopic (exact) mass is 459 g/mol. The van der Waals surface area contributed by atoms with E-state index in [1.807, 2.05) is 0 Å². The summed E-state index contributed by atoms with van der Waals surface area (Å²) in [6.07, 6.45) is 7.38. The molecule has 2 amide bonds. The summed E-state index contributed by atoms with van der Waals surface area (Å²) < 4.78 is 33.4. The number of unbranched alkanes of at least 4 members (excludes halogenated alkanes) is 1. The second-order valence-corrected chi connectivity index (χ2v) is 9.96. The van der Waals surface area contributed by atoms with E-state index in [0.29, 0.717) is 6.42 Å². The predicted octanol–water partition coefficient (Wildman–Crippen LogP) is 0.0158. The molecule has 3 aliphatic rings. The maximum Gasteiger partial charge on any atom is 1.00 e. The molecule has 1 N–H and O–H groups in total. The maximum atomic E-state index is 12.4. The summed E-state index contributed by atoms with van der Waals surface area (Å²) in [6.45, 7) is 4.12. The van der Waals surface area contributed by atoms with Crippen molar-refractivity contribution >= 4 is 21.7 Å². The zero-order valence-electron chi connectivity index (χ0n) is 17.9. The normalized spacial score (nSPS) is 18.4. The van der Waals surface area contributed by atoms with Crippen LogP contribution in [0, 0.1) is 0 Å². The van der Waals surface area contributed by atoms with Gasteiger partial charge in [0.1, 0.15) is 0 Å². The van der Waals surface area contributed by atoms with Gasteiger partial charge < -0.3 is 14.8 Å². The van der Waals surface area contributed by atoms with Gasteiger partial charge in [-0.3, -0.25) is 9.69 Å². The zero-order valence-corrected chi connectivity index (χ0v) is 21.9. The number of carbonyl (C=O) groups is 1. The maximum absolute atomic E-state index is 12.4. The van der Waals surface area contributed by atoms with Crippen LogP contribution >= 0.6 is 0 Å². The Balaban J connectivity index is 0.00000256. The summed E-state index contributed by atoms with van der Waals surface area (Å²) in [5.74, 6) is -0.0875. The minimum atomic E-state index is -3.76. The first-order valence-corrected chi connectivity index (χ1v) is 12.4. The van der Waals surface area contributed by atoms with Crippen LogP contribution < -0.4 is 56.7 Å². The third kappa shape index (κ3) is 6.28. The molecule has 2 aliphatic carbocycles. The number of anilines is 1. The summed E-state index contributed by atoms with van der Waals surface area (Å²) >= 11 is 0. The van der Waals surface area contributed by atoms with Crippen LogP contribution in [0.15, 0.2) is 6.07 Å². The topological polar surface area (TPSA) is 89.8 Å². The van der Waals surface area contributed by atoms with Crippen molar-refractivity contribution in [3.8, 4) is 0 Å². The van der Waals surface area contributed by atoms with E-state index in [9.17, 15) is 13.2 Å². The van der Waals surface area contributed by atoms with Crippen LogP contribution in [-0.2, 0) is 40.4 Å². The summed E-state index contributed by atoms with van der Waals surface area (Å²) in [5.41, 5.74) is 5.79. The van der Waals surface area contributed by atoms with Crippen LogP contribution in [0.4, 0.5) is 10.5 Å². The van der Waals surface area contributed by atoms with Crippen LogP contribution in [0.2, 0.25) is 0 Å². The Hall–Kier alpha value is -0.00364. The zero-order chi connectivity index (χ0) is 20.3. The number of nitrogens with zero attached hydrogens (tertiary/aromatic N) is 2. The summed E-state index contributed by atoms with van der Waals surface area (Å²) in [7, 11) is -3.76. The van der Waals surface area contributed by atoms with Gasteiger partial charge in [-0.2, -0.15) is 0 Å². The molecule has 0 radical (unpaired) electrons. The van der Waals surface area contributed by atoms with Gasteiger partial charge >= 0.3 is 51.4 Å².